The van der Waals surface area contributed by atoms with E-state index in [2.05, 4.69) is 15.7 Å². The van der Waals surface area contributed by atoms with E-state index in [0.29, 0.717) is 5.69 Å². The average Bonchev–Trinajstić information content (AvgIpc) is 2.87. The third kappa shape index (κ3) is 2.86. The number of hydrogen-bond acceptors (Lipinski definition) is 4. The highest BCUT2D eigenvalue weighted by Gasteiger charge is 2.29. The molecule has 18 heavy (non-hydrogen) atoms. The first-order valence-electron chi connectivity index (χ1n) is 5.91. The summed E-state index contributed by atoms with van der Waals surface area (Å²) >= 11 is 0. The van der Waals surface area contributed by atoms with Gasteiger partial charge in [-0.05, 0) is 19.9 Å². The van der Waals surface area contributed by atoms with Crippen molar-refractivity contribution in [3.05, 3.63) is 12.4 Å². The fraction of sp³-hybridized carbons (Fsp3) is 0.545. The highest BCUT2D eigenvalue weighted by molar-refractivity contribution is 5.93. The van der Waals surface area contributed by atoms with E-state index in [-0.39, 0.29) is 24.4 Å². The lowest BCUT2D eigenvalue weighted by atomic mass is 10.0. The van der Waals surface area contributed by atoms with E-state index in [9.17, 15) is 9.59 Å². The number of hydrogen-bond donors (Lipinski definition) is 3. The number of nitrogens with one attached hydrogen (secondary N) is 2. The van der Waals surface area contributed by atoms with Gasteiger partial charge in [-0.3, -0.25) is 14.3 Å². The second kappa shape index (κ2) is 5.18. The third-order valence-corrected chi connectivity index (χ3v) is 3.08. The van der Waals surface area contributed by atoms with Gasteiger partial charge in [0.05, 0.1) is 17.8 Å². The van der Waals surface area contributed by atoms with Crippen LogP contribution < -0.4 is 16.4 Å². The lowest BCUT2D eigenvalue weighted by molar-refractivity contribution is -0.120. The molecule has 2 rings (SSSR count). The first-order chi connectivity index (χ1) is 8.56. The third-order valence-electron chi connectivity index (χ3n) is 3.08. The van der Waals surface area contributed by atoms with Gasteiger partial charge in [0.15, 0.2) is 0 Å². The van der Waals surface area contributed by atoms with E-state index in [1.54, 1.807) is 6.20 Å². The molecule has 7 nitrogen and oxygen atoms in total. The van der Waals surface area contributed by atoms with E-state index in [4.69, 9.17) is 5.73 Å². The smallest absolute Gasteiger partial charge is 0.239 e. The largest absolute Gasteiger partial charge is 0.368 e. The van der Waals surface area contributed by atoms with Crippen molar-refractivity contribution < 1.29 is 9.59 Å². The summed E-state index contributed by atoms with van der Waals surface area (Å²) in [6, 6.07) is 0.186. The molecule has 2 amide bonds. The maximum atomic E-state index is 12.0. The Balaban J connectivity index is 1.94. The summed E-state index contributed by atoms with van der Waals surface area (Å²) in [6.07, 6.45) is 3.94. The number of anilines is 1. The van der Waals surface area contributed by atoms with Crippen molar-refractivity contribution in [1.29, 1.82) is 0 Å². The van der Waals surface area contributed by atoms with Crippen molar-refractivity contribution in [2.75, 3.05) is 11.9 Å². The van der Waals surface area contributed by atoms with Crippen LogP contribution in [0.3, 0.4) is 0 Å². The van der Waals surface area contributed by atoms with E-state index >= 15 is 0 Å². The van der Waals surface area contributed by atoms with Crippen molar-refractivity contribution in [2.24, 2.45) is 11.7 Å². The Labute approximate surface area is 105 Å². The van der Waals surface area contributed by atoms with Gasteiger partial charge in [-0.2, -0.15) is 5.10 Å². The quantitative estimate of drug-likeness (QED) is 0.658. The minimum absolute atomic E-state index is 0.0112. The summed E-state index contributed by atoms with van der Waals surface area (Å²) < 4.78 is 1.40. The van der Waals surface area contributed by atoms with Crippen LogP contribution in [0, 0.1) is 5.92 Å². The summed E-state index contributed by atoms with van der Waals surface area (Å²) in [7, 11) is 0. The van der Waals surface area contributed by atoms with Gasteiger partial charge in [0.2, 0.25) is 11.8 Å². The van der Waals surface area contributed by atoms with Gasteiger partial charge in [0, 0.05) is 12.2 Å². The molecule has 1 aromatic rings. The van der Waals surface area contributed by atoms with Crippen LogP contribution in [0.2, 0.25) is 0 Å². The molecule has 0 aromatic carbocycles. The molecule has 2 unspecified atom stereocenters. The summed E-state index contributed by atoms with van der Waals surface area (Å²) in [5, 5.41) is 9.96. The molecule has 2 heterocycles. The molecule has 1 aliphatic rings. The zero-order valence-electron chi connectivity index (χ0n) is 10.2. The van der Waals surface area contributed by atoms with Gasteiger partial charge in [-0.15, -0.1) is 0 Å². The predicted octanol–water partition coefficient (Wildman–Crippen LogP) is -0.695. The second-order valence-corrected chi connectivity index (χ2v) is 4.52. The lowest BCUT2D eigenvalue weighted by Crippen LogP contribution is -2.31. The molecular weight excluding hydrogens is 234 g/mol. The molecule has 1 aromatic heterocycles. The molecule has 4 N–H and O–H groups in total. The van der Waals surface area contributed by atoms with Gasteiger partial charge in [-0.1, -0.05) is 0 Å². The van der Waals surface area contributed by atoms with Crippen LogP contribution in [0.4, 0.5) is 5.69 Å². The molecule has 1 fully saturated rings. The molecule has 98 valence electrons. The number of carbonyl (C=O) groups excluding carboxylic acids is 2. The maximum absolute atomic E-state index is 12.0. The first kappa shape index (κ1) is 12.6. The molecule has 0 spiro atoms. The summed E-state index contributed by atoms with van der Waals surface area (Å²) in [6.45, 7) is 2.87. The van der Waals surface area contributed by atoms with Gasteiger partial charge in [0.1, 0.15) is 6.54 Å². The van der Waals surface area contributed by atoms with Crippen molar-refractivity contribution in [3.8, 4) is 0 Å². The number of rotatable bonds is 4. The summed E-state index contributed by atoms with van der Waals surface area (Å²) in [5.74, 6) is -0.514. The minimum Gasteiger partial charge on any atom is -0.368 e. The number of nitrogens with two attached hydrogens (primary N) is 1. The van der Waals surface area contributed by atoms with Gasteiger partial charge < -0.3 is 16.4 Å². The lowest BCUT2D eigenvalue weighted by Gasteiger charge is -2.13. The fourth-order valence-corrected chi connectivity index (χ4v) is 2.13. The van der Waals surface area contributed by atoms with Crippen LogP contribution >= 0.6 is 0 Å². The van der Waals surface area contributed by atoms with Crippen molar-refractivity contribution >= 4 is 17.5 Å². The van der Waals surface area contributed by atoms with E-state index in [0.717, 1.165) is 13.0 Å². The first-order valence-corrected chi connectivity index (χ1v) is 5.91. The molecule has 0 bridgehead atoms. The van der Waals surface area contributed by atoms with Crippen LogP contribution in [-0.4, -0.2) is 34.2 Å². The highest BCUT2D eigenvalue weighted by atomic mass is 16.2. The highest BCUT2D eigenvalue weighted by Crippen LogP contribution is 2.17. The topological polar surface area (TPSA) is 102 Å². The second-order valence-electron chi connectivity index (χ2n) is 4.52. The van der Waals surface area contributed by atoms with E-state index in [1.165, 1.54) is 10.9 Å². The summed E-state index contributed by atoms with van der Waals surface area (Å²) in [4.78, 5) is 22.7. The fourth-order valence-electron chi connectivity index (χ4n) is 2.13. The van der Waals surface area contributed by atoms with Gasteiger partial charge >= 0.3 is 0 Å². The number of nitrogens with zero attached hydrogens (tertiary/aromatic N) is 2. The van der Waals surface area contributed by atoms with Crippen molar-refractivity contribution in [3.63, 3.8) is 0 Å². The summed E-state index contributed by atoms with van der Waals surface area (Å²) in [5.41, 5.74) is 5.64. The Morgan fingerprint density at radius 3 is 3.06 bits per heavy atom. The minimum atomic E-state index is -0.468. The van der Waals surface area contributed by atoms with Crippen LogP contribution in [-0.2, 0) is 16.1 Å². The van der Waals surface area contributed by atoms with Gasteiger partial charge in [-0.25, -0.2) is 0 Å². The molecular formula is C11H17N5O2. The van der Waals surface area contributed by atoms with Crippen LogP contribution in [0.25, 0.3) is 0 Å². The Bertz CT molecular complexity index is 456. The molecule has 7 heteroatoms. The normalized spacial score (nSPS) is 22.9. The predicted molar refractivity (Wildman–Crippen MR) is 65.6 cm³/mol. The van der Waals surface area contributed by atoms with E-state index < -0.39 is 5.91 Å². The number of aromatic nitrogens is 2. The SMILES string of the molecule is CC1NCCC1C(=O)Nc1cnn(CC(N)=O)c1. The maximum Gasteiger partial charge on any atom is 0.239 e. The standard InChI is InChI=1S/C11H17N5O2/c1-7-9(2-3-13-7)11(18)15-8-4-14-16(5-8)6-10(12)17/h4-5,7,9,13H,2-3,6H2,1H3,(H2,12,17)(H,15,18). The average molecular weight is 251 g/mol. The van der Waals surface area contributed by atoms with Crippen molar-refractivity contribution in [2.45, 2.75) is 25.9 Å². The van der Waals surface area contributed by atoms with E-state index in [1.807, 2.05) is 6.92 Å². The molecule has 1 aliphatic heterocycles. The molecule has 0 aliphatic carbocycles. The Kier molecular flexibility index (Phi) is 3.61. The zero-order valence-corrected chi connectivity index (χ0v) is 10.2. The van der Waals surface area contributed by atoms with Crippen LogP contribution in [0.5, 0.6) is 0 Å². The Morgan fingerprint density at radius 2 is 2.44 bits per heavy atom. The number of primary amides is 1. The van der Waals surface area contributed by atoms with Crippen molar-refractivity contribution in [1.82, 2.24) is 15.1 Å². The molecule has 0 saturated carbocycles. The van der Waals surface area contributed by atoms with Gasteiger partial charge in [0.25, 0.3) is 0 Å². The van der Waals surface area contributed by atoms with Crippen LogP contribution in [0.1, 0.15) is 13.3 Å². The number of carbonyl (C=O) groups is 2. The zero-order chi connectivity index (χ0) is 13.1. The Morgan fingerprint density at radius 1 is 1.67 bits per heavy atom. The van der Waals surface area contributed by atoms with Crippen LogP contribution in [0.15, 0.2) is 12.4 Å². The molecule has 0 radical (unpaired) electrons. The Hall–Kier alpha value is -1.89. The molecule has 1 saturated heterocycles. The molecule has 2 atom stereocenters. The number of amides is 2. The monoisotopic (exact) mass is 251 g/mol.